The number of hydrogen-bond donors (Lipinski definition) is 0. The van der Waals surface area contributed by atoms with Gasteiger partial charge in [0.25, 0.3) is 0 Å². The van der Waals surface area contributed by atoms with Crippen molar-refractivity contribution in [2.45, 2.75) is 46.2 Å². The number of rotatable bonds is 3. The second-order valence-corrected chi connectivity index (χ2v) is 14.9. The standard InChI is InChI=1S/C13H21BrClP/c1-6-13(4,5)16(14,15)12-8-10(2)7-11(3)9-12/h7-9,16H,6H2,1-5H3. The van der Waals surface area contributed by atoms with Crippen molar-refractivity contribution in [2.24, 2.45) is 0 Å². The van der Waals surface area contributed by atoms with Gasteiger partial charge in [0.05, 0.1) is 0 Å². The van der Waals surface area contributed by atoms with Crippen LogP contribution in [0.3, 0.4) is 0 Å². The summed E-state index contributed by atoms with van der Waals surface area (Å²) in [5.41, 5.74) is 2.58. The van der Waals surface area contributed by atoms with Crippen molar-refractivity contribution in [3.63, 3.8) is 0 Å². The molecule has 0 fully saturated rings. The van der Waals surface area contributed by atoms with Crippen LogP contribution in [0.4, 0.5) is 0 Å². The number of hydrogen-bond acceptors (Lipinski definition) is 0. The molecule has 1 aromatic carbocycles. The van der Waals surface area contributed by atoms with E-state index in [1.165, 1.54) is 16.4 Å². The van der Waals surface area contributed by atoms with Crippen LogP contribution in [0, 0.1) is 13.8 Å². The molecule has 0 saturated carbocycles. The van der Waals surface area contributed by atoms with Gasteiger partial charge >= 0.3 is 113 Å². The summed E-state index contributed by atoms with van der Waals surface area (Å²) < 4.78 is 0. The Balaban J connectivity index is 3.26. The Kier molecular flexibility index (Phi) is 4.49. The van der Waals surface area contributed by atoms with Crippen LogP contribution in [-0.4, -0.2) is 5.16 Å². The molecule has 0 nitrogen and oxygen atoms in total. The van der Waals surface area contributed by atoms with E-state index in [1.807, 2.05) is 0 Å². The summed E-state index contributed by atoms with van der Waals surface area (Å²) >= 11 is 10.7. The van der Waals surface area contributed by atoms with E-state index in [4.69, 9.17) is 11.2 Å². The SMILES string of the molecule is CCC(C)(C)[PH](Cl)(Br)c1cc(C)cc(C)c1. The van der Waals surface area contributed by atoms with Gasteiger partial charge in [-0.1, -0.05) is 0 Å². The van der Waals surface area contributed by atoms with Gasteiger partial charge in [-0.05, 0) is 0 Å². The summed E-state index contributed by atoms with van der Waals surface area (Å²) in [6.45, 7) is 11.0. The van der Waals surface area contributed by atoms with Crippen molar-refractivity contribution >= 4 is 37.4 Å². The van der Waals surface area contributed by atoms with Crippen molar-refractivity contribution in [3.8, 4) is 0 Å². The van der Waals surface area contributed by atoms with E-state index in [1.54, 1.807) is 0 Å². The minimum atomic E-state index is -2.09. The molecule has 0 atom stereocenters. The zero-order valence-corrected chi connectivity index (χ0v) is 14.0. The molecule has 3 heteroatoms. The molecule has 0 saturated heterocycles. The van der Waals surface area contributed by atoms with Gasteiger partial charge in [-0.15, -0.1) is 0 Å². The summed E-state index contributed by atoms with van der Waals surface area (Å²) in [7, 11) is 0. The molecule has 0 radical (unpaired) electrons. The Morgan fingerprint density at radius 3 is 2.00 bits per heavy atom. The van der Waals surface area contributed by atoms with Gasteiger partial charge in [-0.3, -0.25) is 0 Å². The molecule has 0 aliphatic rings. The zero-order valence-electron chi connectivity index (χ0n) is 10.7. The van der Waals surface area contributed by atoms with E-state index in [0.29, 0.717) is 0 Å². The summed E-state index contributed by atoms with van der Waals surface area (Å²) in [5, 5.41) is -0.647. The predicted octanol–water partition coefficient (Wildman–Crippen LogP) is 5.33. The van der Waals surface area contributed by atoms with Crippen LogP contribution < -0.4 is 5.30 Å². The molecule has 0 bridgehead atoms. The number of aryl methyl sites for hydroxylation is 2. The van der Waals surface area contributed by atoms with Crippen molar-refractivity contribution in [3.05, 3.63) is 29.3 Å². The first-order valence-electron chi connectivity index (χ1n) is 5.67. The van der Waals surface area contributed by atoms with Gasteiger partial charge in [0.15, 0.2) is 0 Å². The normalized spacial score (nSPS) is 13.9. The molecular weight excluding hydrogens is 302 g/mol. The first-order chi connectivity index (χ1) is 7.20. The molecule has 1 rings (SSSR count). The van der Waals surface area contributed by atoms with Crippen molar-refractivity contribution < 1.29 is 0 Å². The summed E-state index contributed by atoms with van der Waals surface area (Å²) in [6, 6.07) is 6.63. The van der Waals surface area contributed by atoms with Gasteiger partial charge in [0, 0.05) is 0 Å². The molecule has 0 heterocycles. The first kappa shape index (κ1) is 14.5. The maximum atomic E-state index is 6.85. The third-order valence-electron chi connectivity index (χ3n) is 3.32. The number of benzene rings is 1. The fraction of sp³-hybridized carbons (Fsp3) is 0.538. The van der Waals surface area contributed by atoms with Crippen molar-refractivity contribution in [1.82, 2.24) is 0 Å². The van der Waals surface area contributed by atoms with Gasteiger partial charge in [0.1, 0.15) is 0 Å². The van der Waals surface area contributed by atoms with E-state index in [0.717, 1.165) is 6.42 Å². The van der Waals surface area contributed by atoms with Crippen LogP contribution in [0.5, 0.6) is 0 Å². The molecule has 92 valence electrons. The summed E-state index contributed by atoms with van der Waals surface area (Å²) in [6.07, 6.45) is 1.08. The minimum absolute atomic E-state index is 0.148. The van der Waals surface area contributed by atoms with Gasteiger partial charge in [-0.25, -0.2) is 0 Å². The molecule has 0 unspecified atom stereocenters. The molecule has 0 spiro atoms. The molecule has 0 aromatic heterocycles. The Hall–Kier alpha value is 0.420. The van der Waals surface area contributed by atoms with E-state index >= 15 is 0 Å². The predicted molar refractivity (Wildman–Crippen MR) is 83.0 cm³/mol. The molecule has 0 aliphatic heterocycles. The first-order valence-corrected chi connectivity index (χ1v) is 10.9. The molecule has 0 N–H and O–H groups in total. The van der Waals surface area contributed by atoms with Gasteiger partial charge in [0.2, 0.25) is 0 Å². The molecule has 16 heavy (non-hydrogen) atoms. The molecular formula is C13H21BrClP. The summed E-state index contributed by atoms with van der Waals surface area (Å²) in [5.74, 6) is 0. The van der Waals surface area contributed by atoms with Crippen LogP contribution in [0.25, 0.3) is 0 Å². The fourth-order valence-electron chi connectivity index (χ4n) is 1.77. The van der Waals surface area contributed by atoms with Crippen molar-refractivity contribution in [2.75, 3.05) is 0 Å². The van der Waals surface area contributed by atoms with E-state index in [9.17, 15) is 0 Å². The maximum absolute atomic E-state index is 6.85. The van der Waals surface area contributed by atoms with Crippen molar-refractivity contribution in [1.29, 1.82) is 0 Å². The van der Waals surface area contributed by atoms with E-state index in [-0.39, 0.29) is 5.16 Å². The molecule has 0 amide bonds. The van der Waals surface area contributed by atoms with Gasteiger partial charge in [-0.2, -0.15) is 0 Å². The third-order valence-corrected chi connectivity index (χ3v) is 13.2. The van der Waals surface area contributed by atoms with Gasteiger partial charge < -0.3 is 0 Å². The van der Waals surface area contributed by atoms with Crippen LogP contribution in [-0.2, 0) is 0 Å². The Morgan fingerprint density at radius 1 is 1.19 bits per heavy atom. The van der Waals surface area contributed by atoms with Crippen LogP contribution in [0.15, 0.2) is 18.2 Å². The average molecular weight is 324 g/mol. The second kappa shape index (κ2) is 4.96. The average Bonchev–Trinajstić information content (AvgIpc) is 2.16. The summed E-state index contributed by atoms with van der Waals surface area (Å²) in [4.78, 5) is 0. The molecule has 0 aliphatic carbocycles. The Bertz CT molecular complexity index is 365. The molecule has 1 aromatic rings. The zero-order chi connectivity index (χ0) is 12.6. The monoisotopic (exact) mass is 322 g/mol. The Labute approximate surface area is 113 Å². The second-order valence-electron chi connectivity index (χ2n) is 5.19. The number of halogens is 2. The third kappa shape index (κ3) is 2.81. The fourth-order valence-corrected chi connectivity index (χ4v) is 6.07. The van der Waals surface area contributed by atoms with E-state index in [2.05, 4.69) is 68.3 Å². The topological polar surface area (TPSA) is 0 Å². The quantitative estimate of drug-likeness (QED) is 0.659. The Morgan fingerprint density at radius 2 is 1.62 bits per heavy atom. The van der Waals surface area contributed by atoms with E-state index < -0.39 is 5.32 Å². The van der Waals surface area contributed by atoms with Crippen LogP contribution in [0.1, 0.15) is 38.3 Å². The van der Waals surface area contributed by atoms with Crippen LogP contribution >= 0.6 is 32.0 Å². The van der Waals surface area contributed by atoms with Crippen LogP contribution in [0.2, 0.25) is 0 Å².